The van der Waals surface area contributed by atoms with Gasteiger partial charge in [-0.1, -0.05) is 12.1 Å². The Morgan fingerprint density at radius 3 is 2.50 bits per heavy atom. The minimum Gasteiger partial charge on any atom is -0.497 e. The van der Waals surface area contributed by atoms with Crippen LogP contribution < -0.4 is 4.74 Å². The minimum absolute atomic E-state index is 0.909. The first-order chi connectivity index (χ1) is 7.81. The SMILES string of the molecule is COc1ccc(C2=C(Br)SCCCS2)cc1. The van der Waals surface area contributed by atoms with Gasteiger partial charge in [0, 0.05) is 4.91 Å². The van der Waals surface area contributed by atoms with Crippen molar-refractivity contribution in [1.29, 1.82) is 0 Å². The maximum Gasteiger partial charge on any atom is 0.118 e. The van der Waals surface area contributed by atoms with Crippen molar-refractivity contribution >= 4 is 44.4 Å². The second kappa shape index (κ2) is 6.03. The average molecular weight is 317 g/mol. The fourth-order valence-corrected chi connectivity index (χ4v) is 4.68. The van der Waals surface area contributed by atoms with Crippen molar-refractivity contribution < 1.29 is 4.74 Å². The van der Waals surface area contributed by atoms with Crippen LogP contribution in [0.5, 0.6) is 5.75 Å². The average Bonchev–Trinajstić information content (AvgIpc) is 2.54. The quantitative estimate of drug-likeness (QED) is 0.790. The molecular formula is C12H13BrOS2. The molecule has 0 atom stereocenters. The van der Waals surface area contributed by atoms with Gasteiger partial charge in [0.2, 0.25) is 0 Å². The van der Waals surface area contributed by atoms with Crippen LogP contribution in [0.3, 0.4) is 0 Å². The van der Waals surface area contributed by atoms with Crippen molar-refractivity contribution in [3.8, 4) is 5.75 Å². The molecule has 0 saturated carbocycles. The molecular weight excluding hydrogens is 304 g/mol. The molecule has 0 amide bonds. The lowest BCUT2D eigenvalue weighted by atomic mass is 10.2. The molecule has 1 heterocycles. The predicted molar refractivity (Wildman–Crippen MR) is 78.4 cm³/mol. The predicted octanol–water partition coefficient (Wildman–Crippen LogP) is 4.59. The second-order valence-corrected chi connectivity index (χ2v) is 6.91. The number of ether oxygens (including phenoxy) is 1. The minimum atomic E-state index is 0.909. The summed E-state index contributed by atoms with van der Waals surface area (Å²) in [6, 6.07) is 8.26. The molecule has 0 fully saturated rings. The maximum atomic E-state index is 5.17. The summed E-state index contributed by atoms with van der Waals surface area (Å²) in [6.07, 6.45) is 1.27. The van der Waals surface area contributed by atoms with E-state index in [0.717, 1.165) is 5.75 Å². The Morgan fingerprint density at radius 2 is 1.81 bits per heavy atom. The molecule has 1 aromatic carbocycles. The monoisotopic (exact) mass is 316 g/mol. The fourth-order valence-electron chi connectivity index (χ4n) is 1.46. The molecule has 16 heavy (non-hydrogen) atoms. The van der Waals surface area contributed by atoms with Gasteiger partial charge in [0.1, 0.15) is 5.75 Å². The van der Waals surface area contributed by atoms with Crippen molar-refractivity contribution in [2.45, 2.75) is 6.42 Å². The third-order valence-electron chi connectivity index (χ3n) is 2.29. The smallest absolute Gasteiger partial charge is 0.118 e. The van der Waals surface area contributed by atoms with E-state index in [4.69, 9.17) is 4.74 Å². The maximum absolute atomic E-state index is 5.17. The van der Waals surface area contributed by atoms with Crippen molar-refractivity contribution in [3.63, 3.8) is 0 Å². The third-order valence-corrected chi connectivity index (χ3v) is 5.94. The van der Waals surface area contributed by atoms with E-state index in [1.807, 2.05) is 35.7 Å². The number of methoxy groups -OCH3 is 1. The van der Waals surface area contributed by atoms with E-state index in [1.165, 1.54) is 32.2 Å². The summed E-state index contributed by atoms with van der Waals surface area (Å²) < 4.78 is 6.43. The summed E-state index contributed by atoms with van der Waals surface area (Å²) in [4.78, 5) is 1.35. The van der Waals surface area contributed by atoms with Crippen molar-refractivity contribution in [2.24, 2.45) is 0 Å². The highest BCUT2D eigenvalue weighted by Crippen LogP contribution is 2.42. The lowest BCUT2D eigenvalue weighted by Gasteiger charge is -2.08. The molecule has 0 unspecified atom stereocenters. The molecule has 0 bridgehead atoms. The zero-order valence-corrected chi connectivity index (χ0v) is 12.3. The molecule has 1 aliphatic heterocycles. The Balaban J connectivity index is 2.27. The normalized spacial score (nSPS) is 17.1. The highest BCUT2D eigenvalue weighted by molar-refractivity contribution is 9.14. The summed E-state index contributed by atoms with van der Waals surface area (Å²) in [7, 11) is 1.69. The molecule has 86 valence electrons. The van der Waals surface area contributed by atoms with Crippen LogP contribution in [-0.4, -0.2) is 18.6 Å². The number of rotatable bonds is 2. The first-order valence-electron chi connectivity index (χ1n) is 5.11. The van der Waals surface area contributed by atoms with Gasteiger partial charge in [-0.25, -0.2) is 0 Å². The van der Waals surface area contributed by atoms with Crippen LogP contribution in [0, 0.1) is 0 Å². The Kier molecular flexibility index (Phi) is 4.67. The van der Waals surface area contributed by atoms with Gasteiger partial charge in [-0.05, 0) is 51.6 Å². The Labute approximate surface area is 113 Å². The molecule has 4 heteroatoms. The largest absolute Gasteiger partial charge is 0.497 e. The molecule has 0 aromatic heterocycles. The van der Waals surface area contributed by atoms with Crippen LogP contribution in [0.4, 0.5) is 0 Å². The molecule has 0 N–H and O–H groups in total. The summed E-state index contributed by atoms with van der Waals surface area (Å²) in [5.74, 6) is 3.31. The molecule has 1 aromatic rings. The van der Waals surface area contributed by atoms with E-state index in [9.17, 15) is 0 Å². The molecule has 0 aliphatic carbocycles. The molecule has 2 rings (SSSR count). The van der Waals surface area contributed by atoms with Crippen molar-refractivity contribution in [2.75, 3.05) is 18.6 Å². The zero-order chi connectivity index (χ0) is 11.4. The van der Waals surface area contributed by atoms with Gasteiger partial charge in [-0.3, -0.25) is 0 Å². The highest BCUT2D eigenvalue weighted by atomic mass is 79.9. The van der Waals surface area contributed by atoms with Crippen LogP contribution in [-0.2, 0) is 0 Å². The lowest BCUT2D eigenvalue weighted by molar-refractivity contribution is 0.415. The summed E-state index contributed by atoms with van der Waals surface area (Å²) in [5, 5.41) is 0. The molecule has 1 aliphatic rings. The van der Waals surface area contributed by atoms with E-state index < -0.39 is 0 Å². The van der Waals surface area contributed by atoms with Gasteiger partial charge in [-0.15, -0.1) is 23.5 Å². The number of hydrogen-bond donors (Lipinski definition) is 0. The summed E-state index contributed by atoms with van der Waals surface area (Å²) >= 11 is 7.49. The van der Waals surface area contributed by atoms with Crippen LogP contribution in [0.2, 0.25) is 0 Å². The summed E-state index contributed by atoms with van der Waals surface area (Å²) in [5.41, 5.74) is 1.27. The van der Waals surface area contributed by atoms with Gasteiger partial charge in [0.05, 0.1) is 10.9 Å². The molecule has 0 saturated heterocycles. The van der Waals surface area contributed by atoms with Crippen LogP contribution in [0.25, 0.3) is 4.91 Å². The van der Waals surface area contributed by atoms with Crippen LogP contribution in [0.15, 0.2) is 28.1 Å². The molecule has 1 nitrogen and oxygen atoms in total. The Bertz CT molecular complexity index is 387. The molecule has 0 radical (unpaired) electrons. The Hall–Kier alpha value is -0.0600. The topological polar surface area (TPSA) is 9.23 Å². The molecule has 0 spiro atoms. The first kappa shape index (κ1) is 12.4. The Morgan fingerprint density at radius 1 is 1.12 bits per heavy atom. The van der Waals surface area contributed by atoms with Gasteiger partial charge < -0.3 is 4.74 Å². The number of halogens is 1. The van der Waals surface area contributed by atoms with Gasteiger partial charge in [0.25, 0.3) is 0 Å². The van der Waals surface area contributed by atoms with Gasteiger partial charge in [-0.2, -0.15) is 0 Å². The van der Waals surface area contributed by atoms with Gasteiger partial charge in [0.15, 0.2) is 0 Å². The standard InChI is InChI=1S/C12H13BrOS2/c1-14-10-5-3-9(4-6-10)11-12(13)16-8-2-7-15-11/h3-6H,2,7-8H2,1H3. The van der Waals surface area contributed by atoms with E-state index >= 15 is 0 Å². The highest BCUT2D eigenvalue weighted by Gasteiger charge is 2.12. The summed E-state index contributed by atoms with van der Waals surface area (Å²) in [6.45, 7) is 0. The number of benzene rings is 1. The lowest BCUT2D eigenvalue weighted by Crippen LogP contribution is -1.85. The van der Waals surface area contributed by atoms with Gasteiger partial charge >= 0.3 is 0 Å². The first-order valence-corrected chi connectivity index (χ1v) is 7.87. The fraction of sp³-hybridized carbons (Fsp3) is 0.333. The van der Waals surface area contributed by atoms with Crippen LogP contribution >= 0.6 is 39.5 Å². The van der Waals surface area contributed by atoms with Crippen molar-refractivity contribution in [3.05, 3.63) is 33.6 Å². The third kappa shape index (κ3) is 2.99. The number of thioether (sulfide) groups is 2. The zero-order valence-electron chi connectivity index (χ0n) is 9.03. The van der Waals surface area contributed by atoms with Crippen molar-refractivity contribution in [1.82, 2.24) is 0 Å². The van der Waals surface area contributed by atoms with Crippen LogP contribution in [0.1, 0.15) is 12.0 Å². The van der Waals surface area contributed by atoms with E-state index in [1.54, 1.807) is 7.11 Å². The van der Waals surface area contributed by atoms with E-state index in [-0.39, 0.29) is 0 Å². The second-order valence-electron chi connectivity index (χ2n) is 3.38. The van der Waals surface area contributed by atoms with E-state index in [0.29, 0.717) is 0 Å². The number of hydrogen-bond acceptors (Lipinski definition) is 3. The van der Waals surface area contributed by atoms with E-state index in [2.05, 4.69) is 28.1 Å².